The number of fused-ring (bicyclic) bond motifs is 8. The lowest BCUT2D eigenvalue weighted by Crippen LogP contribution is -1.93. The van der Waals surface area contributed by atoms with Crippen LogP contribution in [0.2, 0.25) is 0 Å². The minimum absolute atomic E-state index is 0.976. The van der Waals surface area contributed by atoms with E-state index in [2.05, 4.69) is 103 Å². The zero-order chi connectivity index (χ0) is 15.6. The molecule has 0 unspecified atom stereocenters. The second kappa shape index (κ2) is 5.01. The molecule has 5 aromatic rings. The van der Waals surface area contributed by atoms with E-state index < -0.39 is 0 Å². The van der Waals surface area contributed by atoms with Gasteiger partial charge in [-0.3, -0.25) is 9.38 Å². The summed E-state index contributed by atoms with van der Waals surface area (Å²) in [5, 5.41) is 2.26. The molecular formula is C18H9I2N3. The second-order valence-electron chi connectivity index (χ2n) is 5.45. The van der Waals surface area contributed by atoms with E-state index in [1.807, 2.05) is 6.20 Å². The quantitative estimate of drug-likeness (QED) is 0.202. The van der Waals surface area contributed by atoms with Gasteiger partial charge in [0, 0.05) is 24.1 Å². The first-order chi connectivity index (χ1) is 11.2. The molecule has 0 bridgehead atoms. The minimum Gasteiger partial charge on any atom is -0.292 e. The lowest BCUT2D eigenvalue weighted by Gasteiger charge is -2.08. The van der Waals surface area contributed by atoms with E-state index in [1.165, 1.54) is 3.57 Å². The zero-order valence-corrected chi connectivity index (χ0v) is 16.1. The van der Waals surface area contributed by atoms with Gasteiger partial charge in [-0.05, 0) is 69.4 Å². The highest BCUT2D eigenvalue weighted by atomic mass is 127. The molecule has 0 saturated carbocycles. The normalized spacial score (nSPS) is 11.9. The molecule has 0 amide bonds. The van der Waals surface area contributed by atoms with Crippen molar-refractivity contribution in [2.45, 2.75) is 0 Å². The Labute approximate surface area is 159 Å². The molecule has 0 saturated heterocycles. The standard InChI is InChI=1S/C18H9I2N3/c19-10-8-12-16(21-9-10)11-4-1-2-6-14(11)23-15-7-3-5-13(20)17(15)22-18(12)23/h1-9H. The molecule has 0 atom stereocenters. The number of pyridine rings is 2. The molecule has 0 fully saturated rings. The van der Waals surface area contributed by atoms with Crippen molar-refractivity contribution in [2.24, 2.45) is 0 Å². The van der Waals surface area contributed by atoms with Gasteiger partial charge < -0.3 is 0 Å². The summed E-state index contributed by atoms with van der Waals surface area (Å²) in [6, 6.07) is 16.9. The summed E-state index contributed by atoms with van der Waals surface area (Å²) >= 11 is 4.66. The van der Waals surface area contributed by atoms with E-state index in [1.54, 1.807) is 0 Å². The van der Waals surface area contributed by atoms with Crippen molar-refractivity contribution in [2.75, 3.05) is 0 Å². The second-order valence-corrected chi connectivity index (χ2v) is 7.85. The molecule has 0 aliphatic rings. The molecule has 0 aliphatic heterocycles. The number of hydrogen-bond donors (Lipinski definition) is 0. The SMILES string of the molecule is Ic1cnc2c3ccccc3n3c4cccc(I)c4nc3c2c1. The molecule has 23 heavy (non-hydrogen) atoms. The Morgan fingerprint density at radius 3 is 2.57 bits per heavy atom. The van der Waals surface area contributed by atoms with Crippen LogP contribution < -0.4 is 0 Å². The van der Waals surface area contributed by atoms with Gasteiger partial charge in [-0.2, -0.15) is 0 Å². The molecule has 2 aromatic carbocycles. The Kier molecular flexibility index (Phi) is 3.03. The molecule has 3 heterocycles. The third-order valence-electron chi connectivity index (χ3n) is 4.13. The van der Waals surface area contributed by atoms with Crippen LogP contribution >= 0.6 is 45.2 Å². The molecule has 0 spiro atoms. The van der Waals surface area contributed by atoms with E-state index >= 15 is 0 Å². The Morgan fingerprint density at radius 1 is 0.826 bits per heavy atom. The third-order valence-corrected chi connectivity index (χ3v) is 5.59. The third kappa shape index (κ3) is 1.92. The van der Waals surface area contributed by atoms with Crippen molar-refractivity contribution >= 4 is 83.7 Å². The van der Waals surface area contributed by atoms with E-state index in [9.17, 15) is 0 Å². The number of aromatic nitrogens is 3. The van der Waals surface area contributed by atoms with Crippen molar-refractivity contribution in [1.29, 1.82) is 0 Å². The van der Waals surface area contributed by atoms with Gasteiger partial charge in [-0.25, -0.2) is 4.98 Å². The van der Waals surface area contributed by atoms with Crippen LogP contribution in [0, 0.1) is 7.14 Å². The summed E-state index contributed by atoms with van der Waals surface area (Å²) in [6.07, 6.45) is 1.91. The first-order valence-electron chi connectivity index (χ1n) is 7.17. The van der Waals surface area contributed by atoms with E-state index in [0.29, 0.717) is 0 Å². The van der Waals surface area contributed by atoms with Crippen molar-refractivity contribution in [1.82, 2.24) is 14.4 Å². The zero-order valence-electron chi connectivity index (χ0n) is 11.8. The van der Waals surface area contributed by atoms with Crippen molar-refractivity contribution in [3.05, 3.63) is 61.9 Å². The summed E-state index contributed by atoms with van der Waals surface area (Å²) in [7, 11) is 0. The minimum atomic E-state index is 0.976. The predicted molar refractivity (Wildman–Crippen MR) is 111 cm³/mol. The molecule has 110 valence electrons. The molecule has 5 rings (SSSR count). The molecule has 0 radical (unpaired) electrons. The summed E-state index contributed by atoms with van der Waals surface area (Å²) in [5.41, 5.74) is 5.32. The number of para-hydroxylation sites is 2. The van der Waals surface area contributed by atoms with Crippen LogP contribution in [0.15, 0.2) is 54.7 Å². The molecule has 0 N–H and O–H groups in total. The van der Waals surface area contributed by atoms with Crippen molar-refractivity contribution in [3.63, 3.8) is 0 Å². The highest BCUT2D eigenvalue weighted by Crippen LogP contribution is 2.32. The predicted octanol–water partition coefficient (Wildman–Crippen LogP) is 5.40. The van der Waals surface area contributed by atoms with Crippen molar-refractivity contribution in [3.8, 4) is 0 Å². The molecule has 5 heteroatoms. The Balaban J connectivity index is 2.22. The van der Waals surface area contributed by atoms with Gasteiger partial charge >= 0.3 is 0 Å². The maximum Gasteiger partial charge on any atom is 0.148 e. The number of nitrogens with zero attached hydrogens (tertiary/aromatic N) is 3. The first kappa shape index (κ1) is 13.9. The fourth-order valence-electron chi connectivity index (χ4n) is 3.18. The van der Waals surface area contributed by atoms with Crippen LogP contribution in [0.4, 0.5) is 0 Å². The highest BCUT2D eigenvalue weighted by Gasteiger charge is 2.15. The van der Waals surface area contributed by atoms with Crippen LogP contribution in [0.5, 0.6) is 0 Å². The van der Waals surface area contributed by atoms with Gasteiger partial charge in [-0.1, -0.05) is 24.3 Å². The van der Waals surface area contributed by atoms with Gasteiger partial charge in [0.1, 0.15) is 11.2 Å². The lowest BCUT2D eigenvalue weighted by molar-refractivity contribution is 1.30. The summed E-state index contributed by atoms with van der Waals surface area (Å²) in [5.74, 6) is 0. The van der Waals surface area contributed by atoms with E-state index in [0.717, 1.165) is 42.1 Å². The van der Waals surface area contributed by atoms with Crippen LogP contribution in [0.25, 0.3) is 38.5 Å². The van der Waals surface area contributed by atoms with Gasteiger partial charge in [0.15, 0.2) is 0 Å². The molecular weight excluding hydrogens is 512 g/mol. The van der Waals surface area contributed by atoms with Crippen LogP contribution in [0.1, 0.15) is 0 Å². The van der Waals surface area contributed by atoms with E-state index in [4.69, 9.17) is 4.98 Å². The fourth-order valence-corrected chi connectivity index (χ4v) is 4.24. The number of benzene rings is 2. The number of rotatable bonds is 0. The smallest absolute Gasteiger partial charge is 0.148 e. The van der Waals surface area contributed by atoms with Gasteiger partial charge in [-0.15, -0.1) is 0 Å². The Bertz CT molecular complexity index is 1240. The van der Waals surface area contributed by atoms with E-state index in [-0.39, 0.29) is 0 Å². The summed E-state index contributed by atoms with van der Waals surface area (Å²) in [6.45, 7) is 0. The van der Waals surface area contributed by atoms with Crippen molar-refractivity contribution < 1.29 is 0 Å². The Morgan fingerprint density at radius 2 is 1.65 bits per heavy atom. The average molecular weight is 521 g/mol. The van der Waals surface area contributed by atoms with Crippen LogP contribution in [-0.4, -0.2) is 14.4 Å². The number of imidazole rings is 1. The van der Waals surface area contributed by atoms with Crippen LogP contribution in [0.3, 0.4) is 0 Å². The monoisotopic (exact) mass is 521 g/mol. The maximum atomic E-state index is 4.95. The van der Waals surface area contributed by atoms with Gasteiger partial charge in [0.2, 0.25) is 0 Å². The average Bonchev–Trinajstić information content (AvgIpc) is 2.96. The number of hydrogen-bond acceptors (Lipinski definition) is 2. The van der Waals surface area contributed by atoms with Gasteiger partial charge in [0.05, 0.1) is 16.6 Å². The summed E-state index contributed by atoms with van der Waals surface area (Å²) < 4.78 is 4.54. The first-order valence-corrected chi connectivity index (χ1v) is 9.32. The largest absolute Gasteiger partial charge is 0.292 e. The highest BCUT2D eigenvalue weighted by molar-refractivity contribution is 14.1. The van der Waals surface area contributed by atoms with Crippen LogP contribution in [-0.2, 0) is 0 Å². The maximum absolute atomic E-state index is 4.95. The molecule has 0 aliphatic carbocycles. The molecule has 3 aromatic heterocycles. The Hall–Kier alpha value is -1.48. The molecule has 3 nitrogen and oxygen atoms in total. The fraction of sp³-hybridized carbons (Fsp3) is 0. The topological polar surface area (TPSA) is 30.2 Å². The summed E-state index contributed by atoms with van der Waals surface area (Å²) in [4.78, 5) is 9.64. The van der Waals surface area contributed by atoms with Gasteiger partial charge in [0.25, 0.3) is 0 Å². The number of halogens is 2. The lowest BCUT2D eigenvalue weighted by atomic mass is 10.1.